The molecule has 9 rings (SSSR count). The lowest BCUT2D eigenvalue weighted by atomic mass is 9.78. The van der Waals surface area contributed by atoms with Crippen LogP contribution in [0.25, 0.3) is 54.6 Å². The third-order valence-corrected chi connectivity index (χ3v) is 9.96. The smallest absolute Gasteiger partial charge is 0.0165 e. The van der Waals surface area contributed by atoms with Gasteiger partial charge in [-0.2, -0.15) is 0 Å². The fourth-order valence-corrected chi connectivity index (χ4v) is 7.78. The van der Waals surface area contributed by atoms with E-state index in [2.05, 4.69) is 178 Å². The summed E-state index contributed by atoms with van der Waals surface area (Å²) in [5.74, 6) is 8.00. The van der Waals surface area contributed by atoms with Crippen LogP contribution in [0.1, 0.15) is 41.7 Å². The van der Waals surface area contributed by atoms with Crippen molar-refractivity contribution in [2.24, 2.45) is 11.7 Å². The zero-order valence-electron chi connectivity index (χ0n) is 28.5. The van der Waals surface area contributed by atoms with Gasteiger partial charge in [0.1, 0.15) is 0 Å². The second-order valence-corrected chi connectivity index (χ2v) is 13.4. The van der Waals surface area contributed by atoms with Gasteiger partial charge in [0.25, 0.3) is 0 Å². The molecule has 240 valence electrons. The maximum absolute atomic E-state index is 4.00. The third-order valence-electron chi connectivity index (χ3n) is 9.96. The van der Waals surface area contributed by atoms with Crippen LogP contribution in [0.3, 0.4) is 0 Å². The predicted octanol–water partition coefficient (Wildman–Crippen LogP) is 11.5. The molecule has 4 N–H and O–H groups in total. The van der Waals surface area contributed by atoms with E-state index in [1.54, 1.807) is 0 Å². The van der Waals surface area contributed by atoms with E-state index in [1.165, 1.54) is 82.4 Å². The summed E-state index contributed by atoms with van der Waals surface area (Å²) in [6, 6.07) is 59.7. The Kier molecular flexibility index (Phi) is 8.84. The highest BCUT2D eigenvalue weighted by Crippen LogP contribution is 2.57. The maximum atomic E-state index is 4.00. The maximum Gasteiger partial charge on any atom is 0.0165 e. The topological polar surface area (TPSA) is 52.0 Å². The summed E-state index contributed by atoms with van der Waals surface area (Å²) in [5, 5.41) is 8.06. The quantitative estimate of drug-likeness (QED) is 0.115. The Labute approximate surface area is 289 Å². The molecule has 0 atom stereocenters. The molecule has 49 heavy (non-hydrogen) atoms. The normalized spacial score (nSPS) is 12.4. The molecule has 1 aliphatic rings. The fraction of sp³-hybridized carbons (Fsp3) is 0.106. The average molecular weight is 635 g/mol. The van der Waals surface area contributed by atoms with E-state index < -0.39 is 0 Å². The number of fused-ring (bicyclic) bond motifs is 10. The van der Waals surface area contributed by atoms with E-state index in [4.69, 9.17) is 0 Å². The molecule has 0 spiro atoms. The van der Waals surface area contributed by atoms with Crippen LogP contribution in [0.5, 0.6) is 0 Å². The summed E-state index contributed by atoms with van der Waals surface area (Å²) in [6.45, 7) is 6.92. The van der Waals surface area contributed by atoms with Gasteiger partial charge < -0.3 is 0 Å². The molecule has 0 fully saturated rings. The van der Waals surface area contributed by atoms with Crippen LogP contribution in [-0.2, 0) is 11.8 Å². The predicted molar refractivity (Wildman–Crippen MR) is 211 cm³/mol. The number of rotatable bonds is 3. The van der Waals surface area contributed by atoms with E-state index in [0.717, 1.165) is 6.42 Å². The van der Waals surface area contributed by atoms with Gasteiger partial charge in [0.15, 0.2) is 0 Å². The molecule has 0 saturated carbocycles. The van der Waals surface area contributed by atoms with Crippen LogP contribution in [0.2, 0.25) is 0 Å². The minimum Gasteiger partial charge on any atom is -0.274 e. The minimum absolute atomic E-state index is 0.130. The molecule has 0 aliphatic heterocycles. The summed E-state index contributed by atoms with van der Waals surface area (Å²) in [7, 11) is 0. The van der Waals surface area contributed by atoms with Gasteiger partial charge in [-0.15, -0.1) is 0 Å². The van der Waals surface area contributed by atoms with Crippen molar-refractivity contribution in [3.63, 3.8) is 0 Å². The first-order valence-electron chi connectivity index (χ1n) is 17.0. The standard InChI is InChI=1S/C40H30.C7H8.H4N2/c1-40(2)36-25-35(28-16-12-15-27(24-28)23-26-13-4-3-5-14-26)31-19-7-9-20-32(31)37(36)38-33-21-10-6-17-29(33)30-18-8-11-22-34(30)39(38)40;1-7-5-3-2-4-6-7;1-2/h3-22,24-25H,23H2,1-2H3;2-6H,1H3;1-2H2. The zero-order chi connectivity index (χ0) is 34.0. The van der Waals surface area contributed by atoms with Crippen molar-refractivity contribution in [2.45, 2.75) is 32.6 Å². The molecule has 0 amide bonds. The molecule has 0 aromatic heterocycles. The van der Waals surface area contributed by atoms with Crippen molar-refractivity contribution in [2.75, 3.05) is 0 Å². The Morgan fingerprint density at radius 2 is 0.939 bits per heavy atom. The molecule has 0 bridgehead atoms. The zero-order valence-corrected chi connectivity index (χ0v) is 28.5. The number of nitrogens with two attached hydrogens (primary N) is 2. The number of hydrazine groups is 1. The molecule has 0 unspecified atom stereocenters. The van der Waals surface area contributed by atoms with Crippen molar-refractivity contribution in [1.29, 1.82) is 0 Å². The molecule has 2 heteroatoms. The molecule has 8 aromatic rings. The SMILES string of the molecule is CC1(C)c2cc(-c3cccc(Cc4ccccc4)c3)c3ccccc3c2-c2c1c1ccccc1c1ccccc21.Cc1ccccc1.NN. The van der Waals surface area contributed by atoms with Gasteiger partial charge in [-0.25, -0.2) is 0 Å². The van der Waals surface area contributed by atoms with Crippen LogP contribution in [0.4, 0.5) is 0 Å². The van der Waals surface area contributed by atoms with Crippen LogP contribution < -0.4 is 11.7 Å². The Morgan fingerprint density at radius 3 is 1.55 bits per heavy atom. The average Bonchev–Trinajstić information content (AvgIpc) is 3.40. The Bertz CT molecular complexity index is 2410. The van der Waals surface area contributed by atoms with Crippen LogP contribution >= 0.6 is 0 Å². The van der Waals surface area contributed by atoms with Crippen molar-refractivity contribution < 1.29 is 0 Å². The second-order valence-electron chi connectivity index (χ2n) is 13.4. The van der Waals surface area contributed by atoms with Gasteiger partial charge in [-0.05, 0) is 96.2 Å². The van der Waals surface area contributed by atoms with Gasteiger partial charge in [-0.3, -0.25) is 11.7 Å². The van der Waals surface area contributed by atoms with Gasteiger partial charge in [0.2, 0.25) is 0 Å². The van der Waals surface area contributed by atoms with Crippen LogP contribution in [-0.4, -0.2) is 0 Å². The first kappa shape index (κ1) is 32.0. The Morgan fingerprint density at radius 1 is 0.449 bits per heavy atom. The number of hydrogen-bond acceptors (Lipinski definition) is 2. The lowest BCUT2D eigenvalue weighted by Gasteiger charge is -2.25. The molecule has 1 aliphatic carbocycles. The molecule has 8 aromatic carbocycles. The summed E-state index contributed by atoms with van der Waals surface area (Å²) in [5.41, 5.74) is 12.2. The molecule has 0 saturated heterocycles. The largest absolute Gasteiger partial charge is 0.274 e. The Hall–Kier alpha value is -5.54. The summed E-state index contributed by atoms with van der Waals surface area (Å²) in [4.78, 5) is 0. The molecule has 0 radical (unpaired) electrons. The number of hydrogen-bond donors (Lipinski definition) is 2. The first-order valence-corrected chi connectivity index (χ1v) is 17.0. The lowest BCUT2D eigenvalue weighted by Crippen LogP contribution is -2.16. The van der Waals surface area contributed by atoms with Gasteiger partial charge >= 0.3 is 0 Å². The number of benzene rings is 8. The highest BCUT2D eigenvalue weighted by atomic mass is 15.0. The van der Waals surface area contributed by atoms with Gasteiger partial charge in [-0.1, -0.05) is 177 Å². The van der Waals surface area contributed by atoms with Crippen molar-refractivity contribution in [3.05, 3.63) is 192 Å². The highest BCUT2D eigenvalue weighted by molar-refractivity contribution is 6.22. The first-order chi connectivity index (χ1) is 24.0. The summed E-state index contributed by atoms with van der Waals surface area (Å²) < 4.78 is 0. The van der Waals surface area contributed by atoms with Gasteiger partial charge in [0, 0.05) is 5.41 Å². The van der Waals surface area contributed by atoms with Crippen molar-refractivity contribution >= 4 is 32.3 Å². The number of aryl methyl sites for hydroxylation is 1. The molecular weight excluding hydrogens is 593 g/mol. The van der Waals surface area contributed by atoms with E-state index in [0.29, 0.717) is 0 Å². The van der Waals surface area contributed by atoms with Crippen LogP contribution in [0, 0.1) is 6.92 Å². The minimum atomic E-state index is -0.130. The monoisotopic (exact) mass is 634 g/mol. The van der Waals surface area contributed by atoms with E-state index >= 15 is 0 Å². The van der Waals surface area contributed by atoms with Gasteiger partial charge in [0.05, 0.1) is 0 Å². The van der Waals surface area contributed by atoms with E-state index in [-0.39, 0.29) is 5.41 Å². The van der Waals surface area contributed by atoms with Crippen molar-refractivity contribution in [3.8, 4) is 22.3 Å². The Balaban J connectivity index is 0.000000372. The fourth-order valence-electron chi connectivity index (χ4n) is 7.78. The molecule has 2 nitrogen and oxygen atoms in total. The lowest BCUT2D eigenvalue weighted by molar-refractivity contribution is 0.667. The summed E-state index contributed by atoms with van der Waals surface area (Å²) >= 11 is 0. The molecular formula is C47H42N2. The van der Waals surface area contributed by atoms with Crippen LogP contribution in [0.15, 0.2) is 164 Å². The van der Waals surface area contributed by atoms with Crippen molar-refractivity contribution in [1.82, 2.24) is 0 Å². The second kappa shape index (κ2) is 13.5. The molecule has 0 heterocycles. The van der Waals surface area contributed by atoms with E-state index in [9.17, 15) is 0 Å². The highest BCUT2D eigenvalue weighted by Gasteiger charge is 2.40. The summed E-state index contributed by atoms with van der Waals surface area (Å²) in [6.07, 6.45) is 0.937. The third kappa shape index (κ3) is 5.80. The van der Waals surface area contributed by atoms with E-state index in [1.807, 2.05) is 18.2 Å².